The number of aromatic hydroxyl groups is 1. The molecule has 0 fully saturated rings. The molecular formula is C26H23Br2N3O7S. The number of ether oxygens (including phenoxy) is 2. The average Bonchev–Trinajstić information content (AvgIpc) is 3.19. The van der Waals surface area contributed by atoms with Crippen molar-refractivity contribution in [3.8, 4) is 11.5 Å². The van der Waals surface area contributed by atoms with E-state index in [1.165, 1.54) is 29.9 Å². The van der Waals surface area contributed by atoms with Gasteiger partial charge in [0, 0.05) is 26.1 Å². The van der Waals surface area contributed by atoms with E-state index in [0.29, 0.717) is 43.6 Å². The average molecular weight is 681 g/mol. The molecule has 0 spiro atoms. The zero-order valence-electron chi connectivity index (χ0n) is 21.1. The quantitative estimate of drug-likeness (QED) is 0.207. The highest BCUT2D eigenvalue weighted by atomic mass is 79.9. The number of phenolic OH excluding ortho intramolecular Hbond substituents is 1. The number of nitro groups is 1. The van der Waals surface area contributed by atoms with Gasteiger partial charge in [-0.05, 0) is 43.7 Å². The predicted molar refractivity (Wildman–Crippen MR) is 153 cm³/mol. The lowest BCUT2D eigenvalue weighted by molar-refractivity contribution is -0.385. The molecule has 1 aliphatic rings. The van der Waals surface area contributed by atoms with Crippen molar-refractivity contribution in [3.05, 3.63) is 91.5 Å². The first kappa shape index (κ1) is 28.7. The van der Waals surface area contributed by atoms with E-state index in [4.69, 9.17) is 14.5 Å². The number of nitrogens with zero attached hydrogens (tertiary/aromatic N) is 3. The van der Waals surface area contributed by atoms with Crippen LogP contribution in [0.5, 0.6) is 11.5 Å². The van der Waals surface area contributed by atoms with Crippen molar-refractivity contribution in [2.45, 2.75) is 32.7 Å². The van der Waals surface area contributed by atoms with Crippen LogP contribution in [0, 0.1) is 10.1 Å². The van der Waals surface area contributed by atoms with Gasteiger partial charge < -0.3 is 14.6 Å². The van der Waals surface area contributed by atoms with Gasteiger partial charge in [-0.15, -0.1) is 0 Å². The molecule has 10 nitrogen and oxygen atoms in total. The summed E-state index contributed by atoms with van der Waals surface area (Å²) in [6.07, 6.45) is 2.53. The predicted octanol–water partition coefficient (Wildman–Crippen LogP) is 4.73. The normalized spacial score (nSPS) is 15.1. The fourth-order valence-corrected chi connectivity index (χ4v) is 6.18. The Bertz CT molecular complexity index is 1690. The molecule has 1 aliphatic heterocycles. The second-order valence-electron chi connectivity index (χ2n) is 8.42. The van der Waals surface area contributed by atoms with Crippen molar-refractivity contribution < 1.29 is 24.3 Å². The summed E-state index contributed by atoms with van der Waals surface area (Å²) >= 11 is 7.75. The van der Waals surface area contributed by atoms with E-state index in [0.717, 1.165) is 11.3 Å². The zero-order valence-corrected chi connectivity index (χ0v) is 25.1. The SMILES string of the molecule is CCCC1=C(C(=O)OCC)[C@@H](c2cc(Br)ccc2OC)n2c(s/c(=C/c3cc(Br)cc([N+](=O)[O-])c3O)c2=O)=N1. The summed E-state index contributed by atoms with van der Waals surface area (Å²) in [4.78, 5) is 43.0. The lowest BCUT2D eigenvalue weighted by Crippen LogP contribution is -2.40. The van der Waals surface area contributed by atoms with Crippen molar-refractivity contribution in [1.29, 1.82) is 0 Å². The Morgan fingerprint density at radius 3 is 2.64 bits per heavy atom. The van der Waals surface area contributed by atoms with Gasteiger partial charge in [0.2, 0.25) is 5.75 Å². The first-order valence-electron chi connectivity index (χ1n) is 11.8. The summed E-state index contributed by atoms with van der Waals surface area (Å²) in [6.45, 7) is 3.79. The number of esters is 1. The van der Waals surface area contributed by atoms with E-state index >= 15 is 0 Å². The summed E-state index contributed by atoms with van der Waals surface area (Å²) in [5.74, 6) is -0.706. The molecule has 0 bridgehead atoms. The Hall–Kier alpha value is -3.29. The Kier molecular flexibility index (Phi) is 8.72. The molecule has 0 unspecified atom stereocenters. The van der Waals surface area contributed by atoms with Crippen LogP contribution in [0.3, 0.4) is 0 Å². The summed E-state index contributed by atoms with van der Waals surface area (Å²) in [5.41, 5.74) is 0.357. The Balaban J connectivity index is 2.08. The van der Waals surface area contributed by atoms with Gasteiger partial charge in [0.05, 0.1) is 34.4 Å². The topological polar surface area (TPSA) is 133 Å². The van der Waals surface area contributed by atoms with Crippen LogP contribution in [0.2, 0.25) is 0 Å². The monoisotopic (exact) mass is 679 g/mol. The van der Waals surface area contributed by atoms with Crippen LogP contribution < -0.4 is 19.6 Å². The summed E-state index contributed by atoms with van der Waals surface area (Å²) < 4.78 is 13.6. The maximum Gasteiger partial charge on any atom is 0.338 e. The Morgan fingerprint density at radius 1 is 1.26 bits per heavy atom. The van der Waals surface area contributed by atoms with E-state index in [2.05, 4.69) is 31.9 Å². The minimum absolute atomic E-state index is 0.0799. The molecule has 1 N–H and O–H groups in total. The number of methoxy groups -OCH3 is 1. The molecule has 1 atom stereocenters. The fourth-order valence-electron chi connectivity index (χ4n) is 4.33. The number of aromatic nitrogens is 1. The van der Waals surface area contributed by atoms with Crippen molar-refractivity contribution in [2.75, 3.05) is 13.7 Å². The molecular weight excluding hydrogens is 658 g/mol. The van der Waals surface area contributed by atoms with E-state index in [-0.39, 0.29) is 22.3 Å². The number of halogens is 2. The number of hydrogen-bond acceptors (Lipinski definition) is 9. The molecule has 4 rings (SSSR count). The fraction of sp³-hybridized carbons (Fsp3) is 0.269. The molecule has 204 valence electrons. The van der Waals surface area contributed by atoms with E-state index in [1.807, 2.05) is 6.92 Å². The molecule has 13 heteroatoms. The molecule has 0 aliphatic carbocycles. The second kappa shape index (κ2) is 11.8. The lowest BCUT2D eigenvalue weighted by Gasteiger charge is -2.27. The number of fused-ring (bicyclic) bond motifs is 1. The number of allylic oxidation sites excluding steroid dienone is 1. The van der Waals surface area contributed by atoms with Crippen molar-refractivity contribution in [2.24, 2.45) is 4.99 Å². The van der Waals surface area contributed by atoms with E-state index in [1.54, 1.807) is 25.1 Å². The summed E-state index contributed by atoms with van der Waals surface area (Å²) in [7, 11) is 1.50. The molecule has 0 saturated carbocycles. The Morgan fingerprint density at radius 2 is 2.00 bits per heavy atom. The third-order valence-electron chi connectivity index (χ3n) is 5.95. The van der Waals surface area contributed by atoms with Gasteiger partial charge >= 0.3 is 11.7 Å². The van der Waals surface area contributed by atoms with Crippen molar-refractivity contribution >= 4 is 60.9 Å². The maximum atomic E-state index is 13.9. The van der Waals surface area contributed by atoms with Crippen LogP contribution in [0.15, 0.2) is 60.3 Å². The first-order valence-corrected chi connectivity index (χ1v) is 14.2. The van der Waals surface area contributed by atoms with Gasteiger partial charge in [-0.25, -0.2) is 9.79 Å². The van der Waals surface area contributed by atoms with E-state index in [9.17, 15) is 24.8 Å². The zero-order chi connectivity index (χ0) is 28.4. The van der Waals surface area contributed by atoms with Crippen LogP contribution in [0.4, 0.5) is 5.69 Å². The third-order valence-corrected chi connectivity index (χ3v) is 7.88. The van der Waals surface area contributed by atoms with Crippen LogP contribution in [0.1, 0.15) is 43.9 Å². The molecule has 2 aromatic carbocycles. The van der Waals surface area contributed by atoms with Crippen molar-refractivity contribution in [3.63, 3.8) is 0 Å². The van der Waals surface area contributed by atoms with Gasteiger partial charge in [-0.2, -0.15) is 0 Å². The molecule has 39 heavy (non-hydrogen) atoms. The minimum atomic E-state index is -0.915. The highest BCUT2D eigenvalue weighted by Crippen LogP contribution is 2.38. The lowest BCUT2D eigenvalue weighted by atomic mass is 9.93. The van der Waals surface area contributed by atoms with Gasteiger partial charge in [-0.1, -0.05) is 56.5 Å². The number of carbonyl (C=O) groups excluding carboxylic acids is 1. The molecule has 2 heterocycles. The second-order valence-corrected chi connectivity index (χ2v) is 11.3. The number of benzene rings is 2. The van der Waals surface area contributed by atoms with Gasteiger partial charge in [0.25, 0.3) is 5.56 Å². The maximum absolute atomic E-state index is 13.9. The molecule has 3 aromatic rings. The Labute approximate surface area is 243 Å². The molecule has 0 saturated heterocycles. The smallest absolute Gasteiger partial charge is 0.338 e. The molecule has 1 aromatic heterocycles. The summed E-state index contributed by atoms with van der Waals surface area (Å²) in [5, 5.41) is 22.0. The third kappa shape index (κ3) is 5.56. The largest absolute Gasteiger partial charge is 0.502 e. The van der Waals surface area contributed by atoms with Crippen LogP contribution in [0.25, 0.3) is 6.08 Å². The standard InChI is InChI=1S/C26H23Br2N3O7S/c1-4-6-17-21(25(34)38-5-2)22(16-11-14(27)7-8-19(16)37-3)30-24(33)20(39-26(30)29-17)10-13-9-15(28)12-18(23(13)32)31(35)36/h7-12,22,32H,4-6H2,1-3H3/b20-10+/t22-/m1/s1. The number of hydrogen-bond donors (Lipinski definition) is 1. The minimum Gasteiger partial charge on any atom is -0.502 e. The number of thiazole rings is 1. The van der Waals surface area contributed by atoms with Crippen molar-refractivity contribution in [1.82, 2.24) is 4.57 Å². The number of rotatable bonds is 8. The summed E-state index contributed by atoms with van der Waals surface area (Å²) in [6, 6.07) is 7.03. The van der Waals surface area contributed by atoms with Crippen LogP contribution in [-0.2, 0) is 9.53 Å². The first-order chi connectivity index (χ1) is 18.6. The van der Waals surface area contributed by atoms with Crippen LogP contribution in [-0.4, -0.2) is 34.3 Å². The number of nitro benzene ring substituents is 1. The molecule has 0 amide bonds. The van der Waals surface area contributed by atoms with Gasteiger partial charge in [0.1, 0.15) is 11.8 Å². The van der Waals surface area contributed by atoms with Gasteiger partial charge in [0.15, 0.2) is 4.80 Å². The number of phenols is 1. The highest BCUT2D eigenvalue weighted by molar-refractivity contribution is 9.10. The van der Waals surface area contributed by atoms with E-state index < -0.39 is 33.9 Å². The van der Waals surface area contributed by atoms with Gasteiger partial charge in [-0.3, -0.25) is 19.5 Å². The molecule has 0 radical (unpaired) electrons. The number of carbonyl (C=O) groups is 1. The highest BCUT2D eigenvalue weighted by Gasteiger charge is 2.36. The van der Waals surface area contributed by atoms with Crippen LogP contribution >= 0.6 is 43.2 Å².